The van der Waals surface area contributed by atoms with Crippen LogP contribution in [-0.4, -0.2) is 30.4 Å². The molecule has 0 N–H and O–H groups in total. The predicted octanol–water partition coefficient (Wildman–Crippen LogP) is 4.71. The Hall–Kier alpha value is -2.90. The van der Waals surface area contributed by atoms with E-state index in [1.54, 1.807) is 31.2 Å². The van der Waals surface area contributed by atoms with Crippen LogP contribution in [0.2, 0.25) is 0 Å². The third-order valence-electron chi connectivity index (χ3n) is 3.49. The van der Waals surface area contributed by atoms with Crippen LogP contribution in [-0.2, 0) is 24.3 Å². The first-order valence-corrected chi connectivity index (χ1v) is 8.80. The van der Waals surface area contributed by atoms with Gasteiger partial charge in [-0.15, -0.1) is 0 Å². The van der Waals surface area contributed by atoms with Crippen molar-refractivity contribution in [3.8, 4) is 11.1 Å². The second-order valence-corrected chi connectivity index (χ2v) is 7.07. The fourth-order valence-corrected chi connectivity index (χ4v) is 2.14. The van der Waals surface area contributed by atoms with Crippen LogP contribution in [0.1, 0.15) is 38.1 Å². The highest BCUT2D eigenvalue weighted by Crippen LogP contribution is 2.19. The molecule has 0 aliphatic rings. The van der Waals surface area contributed by atoms with Crippen LogP contribution < -0.4 is 0 Å². The molecule has 0 bridgehead atoms. The summed E-state index contributed by atoms with van der Waals surface area (Å²) in [7, 11) is 0. The smallest absolute Gasteiger partial charge is 0.427 e. The standard InChI is InChI=1S/C21H24O7/c1-15(14-24-21(2,3)4)25-20(23)27-28-26-19(22)18-12-10-17(11-13-18)16-8-6-5-7-9-16/h5-13,15H,14H2,1-4H3. The van der Waals surface area contributed by atoms with Gasteiger partial charge in [0.2, 0.25) is 0 Å². The maximum absolute atomic E-state index is 11.9. The van der Waals surface area contributed by atoms with Crippen molar-refractivity contribution in [2.24, 2.45) is 0 Å². The van der Waals surface area contributed by atoms with Crippen molar-refractivity contribution < 1.29 is 33.9 Å². The highest BCUT2D eigenvalue weighted by atomic mass is 17.5. The lowest BCUT2D eigenvalue weighted by atomic mass is 10.0. The first kappa shape index (κ1) is 21.4. The van der Waals surface area contributed by atoms with Crippen LogP contribution in [0.25, 0.3) is 11.1 Å². The molecule has 0 aliphatic heterocycles. The lowest BCUT2D eigenvalue weighted by Gasteiger charge is -2.21. The molecular formula is C21H24O7. The zero-order chi connectivity index (χ0) is 20.6. The van der Waals surface area contributed by atoms with Crippen LogP contribution in [0.3, 0.4) is 0 Å². The highest BCUT2D eigenvalue weighted by molar-refractivity contribution is 5.89. The van der Waals surface area contributed by atoms with Crippen LogP contribution >= 0.6 is 0 Å². The molecule has 0 spiro atoms. The summed E-state index contributed by atoms with van der Waals surface area (Å²) >= 11 is 0. The molecule has 0 aliphatic carbocycles. The van der Waals surface area contributed by atoms with Crippen LogP contribution in [0.5, 0.6) is 0 Å². The zero-order valence-corrected chi connectivity index (χ0v) is 16.3. The third-order valence-corrected chi connectivity index (χ3v) is 3.49. The molecule has 0 radical (unpaired) electrons. The molecule has 2 rings (SSSR count). The van der Waals surface area contributed by atoms with Crippen LogP contribution in [0.4, 0.5) is 4.79 Å². The summed E-state index contributed by atoms with van der Waals surface area (Å²) < 4.78 is 10.4. The van der Waals surface area contributed by atoms with Crippen molar-refractivity contribution >= 4 is 12.1 Å². The van der Waals surface area contributed by atoms with E-state index in [9.17, 15) is 9.59 Å². The Bertz CT molecular complexity index is 764. The van der Waals surface area contributed by atoms with Gasteiger partial charge in [-0.2, -0.15) is 0 Å². The van der Waals surface area contributed by atoms with Gasteiger partial charge in [-0.25, -0.2) is 14.5 Å². The van der Waals surface area contributed by atoms with Gasteiger partial charge < -0.3 is 9.47 Å². The van der Waals surface area contributed by atoms with E-state index in [2.05, 4.69) is 14.8 Å². The minimum Gasteiger partial charge on any atom is -0.427 e. The molecule has 28 heavy (non-hydrogen) atoms. The van der Waals surface area contributed by atoms with Crippen molar-refractivity contribution in [1.82, 2.24) is 0 Å². The molecule has 0 saturated heterocycles. The molecule has 2 aromatic carbocycles. The van der Waals surface area contributed by atoms with E-state index < -0.39 is 18.2 Å². The minimum absolute atomic E-state index is 0.187. The Labute approximate surface area is 164 Å². The topological polar surface area (TPSA) is 80.3 Å². The predicted molar refractivity (Wildman–Crippen MR) is 101 cm³/mol. The lowest BCUT2D eigenvalue weighted by Crippen LogP contribution is -2.28. The minimum atomic E-state index is -1.14. The summed E-state index contributed by atoms with van der Waals surface area (Å²) in [5, 5.41) is 4.21. The van der Waals surface area contributed by atoms with Crippen LogP contribution in [0.15, 0.2) is 54.6 Å². The van der Waals surface area contributed by atoms with Crippen molar-refractivity contribution in [2.75, 3.05) is 6.61 Å². The maximum Gasteiger partial charge on any atom is 0.543 e. The molecule has 0 heterocycles. The fraction of sp³-hybridized carbons (Fsp3) is 0.333. The average Bonchev–Trinajstić information content (AvgIpc) is 2.66. The number of carbonyl (C=O) groups is 2. The van der Waals surface area contributed by atoms with Gasteiger partial charge in [0.15, 0.2) is 0 Å². The van der Waals surface area contributed by atoms with Gasteiger partial charge in [0.05, 0.1) is 22.8 Å². The normalized spacial score (nSPS) is 12.1. The largest absolute Gasteiger partial charge is 0.543 e. The Morgan fingerprint density at radius 3 is 2.11 bits per heavy atom. The fourth-order valence-electron chi connectivity index (χ4n) is 2.14. The van der Waals surface area contributed by atoms with Crippen molar-refractivity contribution in [2.45, 2.75) is 39.4 Å². The van der Waals surface area contributed by atoms with Gasteiger partial charge in [0, 0.05) is 0 Å². The number of ether oxygens (including phenoxy) is 2. The highest BCUT2D eigenvalue weighted by Gasteiger charge is 2.18. The molecule has 0 amide bonds. The van der Waals surface area contributed by atoms with E-state index in [1.807, 2.05) is 51.1 Å². The third kappa shape index (κ3) is 7.38. The van der Waals surface area contributed by atoms with Crippen molar-refractivity contribution in [1.29, 1.82) is 0 Å². The van der Waals surface area contributed by atoms with Gasteiger partial charge in [-0.05, 0) is 51.0 Å². The Kier molecular flexibility index (Phi) is 7.54. The zero-order valence-electron chi connectivity index (χ0n) is 16.3. The number of carbonyl (C=O) groups excluding carboxylic acids is 2. The van der Waals surface area contributed by atoms with Gasteiger partial charge in [0.25, 0.3) is 0 Å². The van der Waals surface area contributed by atoms with E-state index >= 15 is 0 Å². The van der Waals surface area contributed by atoms with E-state index in [0.717, 1.165) is 11.1 Å². The molecular weight excluding hydrogens is 364 g/mol. The van der Waals surface area contributed by atoms with Crippen molar-refractivity contribution in [3.05, 3.63) is 60.2 Å². The molecule has 1 unspecified atom stereocenters. The Morgan fingerprint density at radius 1 is 0.893 bits per heavy atom. The number of hydrogen-bond acceptors (Lipinski definition) is 7. The van der Waals surface area contributed by atoms with Crippen LogP contribution in [0, 0.1) is 0 Å². The molecule has 0 saturated carbocycles. The lowest BCUT2D eigenvalue weighted by molar-refractivity contribution is -0.453. The summed E-state index contributed by atoms with van der Waals surface area (Å²) in [5.74, 6) is -0.809. The number of hydrogen-bond donors (Lipinski definition) is 0. The summed E-state index contributed by atoms with van der Waals surface area (Å²) in [5.41, 5.74) is 1.85. The van der Waals surface area contributed by atoms with E-state index in [4.69, 9.17) is 9.47 Å². The molecule has 0 aromatic heterocycles. The van der Waals surface area contributed by atoms with Gasteiger partial charge >= 0.3 is 12.1 Å². The summed E-state index contributed by atoms with van der Waals surface area (Å²) in [6.07, 6.45) is -1.70. The number of rotatable bonds is 7. The average molecular weight is 388 g/mol. The molecule has 7 nitrogen and oxygen atoms in total. The molecule has 7 heteroatoms. The first-order valence-electron chi connectivity index (χ1n) is 8.80. The van der Waals surface area contributed by atoms with Gasteiger partial charge in [-0.1, -0.05) is 42.5 Å². The van der Waals surface area contributed by atoms with E-state index in [1.165, 1.54) is 0 Å². The quantitative estimate of drug-likeness (QED) is 0.386. The number of benzene rings is 2. The molecule has 150 valence electrons. The summed E-state index contributed by atoms with van der Waals surface area (Å²) in [4.78, 5) is 32.1. The second kappa shape index (κ2) is 9.87. The van der Waals surface area contributed by atoms with Gasteiger partial charge in [0.1, 0.15) is 6.10 Å². The monoisotopic (exact) mass is 388 g/mol. The van der Waals surface area contributed by atoms with Crippen molar-refractivity contribution in [3.63, 3.8) is 0 Å². The molecule has 2 aromatic rings. The molecule has 0 fully saturated rings. The van der Waals surface area contributed by atoms with E-state index in [0.29, 0.717) is 0 Å². The molecule has 1 atom stereocenters. The Morgan fingerprint density at radius 2 is 1.50 bits per heavy atom. The summed E-state index contributed by atoms with van der Waals surface area (Å²) in [6, 6.07) is 16.4. The van der Waals surface area contributed by atoms with Gasteiger partial charge in [-0.3, -0.25) is 4.89 Å². The first-order chi connectivity index (χ1) is 13.2. The Balaban J connectivity index is 1.74. The SMILES string of the molecule is CC(COC(C)(C)C)OC(=O)OOOC(=O)c1ccc(-c2ccccc2)cc1. The maximum atomic E-state index is 11.9. The van der Waals surface area contributed by atoms with E-state index in [-0.39, 0.29) is 17.8 Å². The second-order valence-electron chi connectivity index (χ2n) is 7.07. The summed E-state index contributed by atoms with van der Waals surface area (Å²) in [6.45, 7) is 7.46.